The number of aromatic nitrogens is 2. The van der Waals surface area contributed by atoms with Crippen molar-refractivity contribution in [1.82, 2.24) is 10.2 Å². The van der Waals surface area contributed by atoms with Gasteiger partial charge in [-0.25, -0.2) is 0 Å². The summed E-state index contributed by atoms with van der Waals surface area (Å²) in [5, 5.41) is 9.81. The Morgan fingerprint density at radius 2 is 2.10 bits per heavy atom. The molecule has 0 radical (unpaired) electrons. The molecule has 1 saturated carbocycles. The van der Waals surface area contributed by atoms with Crippen molar-refractivity contribution in [2.24, 2.45) is 0 Å². The second kappa shape index (κ2) is 5.52. The second-order valence-electron chi connectivity index (χ2n) is 5.42. The molecule has 5 heteroatoms. The number of carbonyl (C=O) groups excluding carboxylic acids is 2. The summed E-state index contributed by atoms with van der Waals surface area (Å²) in [7, 11) is 0. The molecular weight excluding hydrogens is 266 g/mol. The molecule has 1 aliphatic rings. The summed E-state index contributed by atoms with van der Waals surface area (Å²) in [5.74, 6) is 0.913. The topological polar surface area (TPSA) is 74.8 Å². The standard InChI is InChI=1S/C16H17N3O2/c1-10(20)13-5-3-2-4-12(13)8-16(21)17-15-9-14(18-19-15)11-6-7-11/h2-5,9,11H,6-8H2,1H3,(H2,17,18,19,21). The Bertz CT molecular complexity index is 686. The van der Waals surface area contributed by atoms with Crippen LogP contribution in [0.1, 0.15) is 47.3 Å². The molecule has 2 aromatic rings. The highest BCUT2D eigenvalue weighted by atomic mass is 16.1. The van der Waals surface area contributed by atoms with E-state index in [2.05, 4.69) is 15.5 Å². The lowest BCUT2D eigenvalue weighted by atomic mass is 10.0. The van der Waals surface area contributed by atoms with E-state index in [-0.39, 0.29) is 18.1 Å². The van der Waals surface area contributed by atoms with Crippen LogP contribution >= 0.6 is 0 Å². The number of nitrogens with zero attached hydrogens (tertiary/aromatic N) is 1. The molecule has 1 heterocycles. The van der Waals surface area contributed by atoms with Crippen LogP contribution in [-0.4, -0.2) is 21.9 Å². The molecule has 0 saturated heterocycles. The molecule has 1 aromatic carbocycles. The zero-order valence-electron chi connectivity index (χ0n) is 11.8. The average Bonchev–Trinajstić information content (AvgIpc) is 3.20. The molecule has 0 spiro atoms. The molecule has 1 aromatic heterocycles. The lowest BCUT2D eigenvalue weighted by Crippen LogP contribution is -2.16. The van der Waals surface area contributed by atoms with Gasteiger partial charge in [-0.3, -0.25) is 14.7 Å². The summed E-state index contributed by atoms with van der Waals surface area (Å²) in [6, 6.07) is 9.05. The zero-order valence-corrected chi connectivity index (χ0v) is 11.8. The van der Waals surface area contributed by atoms with Crippen LogP contribution in [-0.2, 0) is 11.2 Å². The molecule has 1 amide bonds. The van der Waals surface area contributed by atoms with E-state index in [9.17, 15) is 9.59 Å². The summed E-state index contributed by atoms with van der Waals surface area (Å²) >= 11 is 0. The molecule has 2 N–H and O–H groups in total. The van der Waals surface area contributed by atoms with E-state index in [1.807, 2.05) is 12.1 Å². The maximum absolute atomic E-state index is 12.1. The Balaban J connectivity index is 1.67. The first-order valence-electron chi connectivity index (χ1n) is 7.07. The molecule has 1 aliphatic carbocycles. The van der Waals surface area contributed by atoms with Crippen LogP contribution in [0, 0.1) is 0 Å². The predicted molar refractivity (Wildman–Crippen MR) is 79.3 cm³/mol. The monoisotopic (exact) mass is 283 g/mol. The van der Waals surface area contributed by atoms with Gasteiger partial charge in [-0.2, -0.15) is 5.10 Å². The van der Waals surface area contributed by atoms with E-state index in [1.54, 1.807) is 18.2 Å². The first-order chi connectivity index (χ1) is 10.1. The predicted octanol–water partition coefficient (Wildman–Crippen LogP) is 2.67. The minimum Gasteiger partial charge on any atom is -0.309 e. The third-order valence-electron chi connectivity index (χ3n) is 3.63. The molecule has 0 atom stereocenters. The largest absolute Gasteiger partial charge is 0.309 e. The summed E-state index contributed by atoms with van der Waals surface area (Å²) in [6.07, 6.45) is 2.53. The first kappa shape index (κ1) is 13.5. The van der Waals surface area contributed by atoms with Crippen LogP contribution in [0.5, 0.6) is 0 Å². The van der Waals surface area contributed by atoms with Gasteiger partial charge in [0.1, 0.15) is 0 Å². The number of rotatable bonds is 5. The fraction of sp³-hybridized carbons (Fsp3) is 0.312. The Labute approximate surface area is 122 Å². The van der Waals surface area contributed by atoms with E-state index in [0.717, 1.165) is 11.3 Å². The average molecular weight is 283 g/mol. The van der Waals surface area contributed by atoms with Gasteiger partial charge in [0.15, 0.2) is 11.6 Å². The lowest BCUT2D eigenvalue weighted by molar-refractivity contribution is -0.115. The number of aromatic amines is 1. The minimum absolute atomic E-state index is 0.0332. The number of Topliss-reactive ketones (excluding diaryl/α,β-unsaturated/α-hetero) is 1. The van der Waals surface area contributed by atoms with E-state index < -0.39 is 0 Å². The molecule has 21 heavy (non-hydrogen) atoms. The lowest BCUT2D eigenvalue weighted by Gasteiger charge is -2.06. The second-order valence-corrected chi connectivity index (χ2v) is 5.42. The molecule has 0 unspecified atom stereocenters. The van der Waals surface area contributed by atoms with Gasteiger partial charge in [0.25, 0.3) is 0 Å². The van der Waals surface area contributed by atoms with Gasteiger partial charge in [0, 0.05) is 23.2 Å². The molecular formula is C16H17N3O2. The SMILES string of the molecule is CC(=O)c1ccccc1CC(=O)Nc1cc(C2CC2)[nH]n1. The van der Waals surface area contributed by atoms with Crippen molar-refractivity contribution in [2.45, 2.75) is 32.1 Å². The van der Waals surface area contributed by atoms with Crippen molar-refractivity contribution in [3.63, 3.8) is 0 Å². The van der Waals surface area contributed by atoms with Gasteiger partial charge in [0.05, 0.1) is 6.42 Å². The van der Waals surface area contributed by atoms with Crippen LogP contribution in [0.15, 0.2) is 30.3 Å². The van der Waals surface area contributed by atoms with Gasteiger partial charge in [-0.05, 0) is 25.3 Å². The molecule has 3 rings (SSSR count). The van der Waals surface area contributed by atoms with Gasteiger partial charge >= 0.3 is 0 Å². The fourth-order valence-corrected chi connectivity index (χ4v) is 2.38. The van der Waals surface area contributed by atoms with Gasteiger partial charge in [-0.15, -0.1) is 0 Å². The van der Waals surface area contributed by atoms with E-state index >= 15 is 0 Å². The zero-order chi connectivity index (χ0) is 14.8. The van der Waals surface area contributed by atoms with E-state index in [4.69, 9.17) is 0 Å². The highest BCUT2D eigenvalue weighted by molar-refractivity contribution is 5.98. The number of anilines is 1. The van der Waals surface area contributed by atoms with Crippen molar-refractivity contribution in [3.05, 3.63) is 47.2 Å². The Hall–Kier alpha value is -2.43. The highest BCUT2D eigenvalue weighted by Crippen LogP contribution is 2.39. The smallest absolute Gasteiger partial charge is 0.230 e. The maximum atomic E-state index is 12.1. The van der Waals surface area contributed by atoms with Crippen molar-refractivity contribution in [2.75, 3.05) is 5.32 Å². The summed E-state index contributed by atoms with van der Waals surface area (Å²) in [4.78, 5) is 23.6. The summed E-state index contributed by atoms with van der Waals surface area (Å²) in [5.41, 5.74) is 2.41. The Morgan fingerprint density at radius 3 is 2.81 bits per heavy atom. The molecule has 108 valence electrons. The number of H-pyrrole nitrogens is 1. The van der Waals surface area contributed by atoms with Crippen LogP contribution in [0.3, 0.4) is 0 Å². The third kappa shape index (κ3) is 3.18. The van der Waals surface area contributed by atoms with Gasteiger partial charge in [-0.1, -0.05) is 24.3 Å². The van der Waals surface area contributed by atoms with Crippen molar-refractivity contribution >= 4 is 17.5 Å². The Morgan fingerprint density at radius 1 is 1.33 bits per heavy atom. The van der Waals surface area contributed by atoms with Crippen LogP contribution < -0.4 is 5.32 Å². The number of amides is 1. The van der Waals surface area contributed by atoms with Gasteiger partial charge in [0.2, 0.25) is 5.91 Å². The van der Waals surface area contributed by atoms with E-state index in [0.29, 0.717) is 17.3 Å². The number of carbonyl (C=O) groups is 2. The number of ketones is 1. The quantitative estimate of drug-likeness (QED) is 0.828. The molecule has 0 bridgehead atoms. The maximum Gasteiger partial charge on any atom is 0.230 e. The number of hydrogen-bond acceptors (Lipinski definition) is 3. The first-order valence-corrected chi connectivity index (χ1v) is 7.07. The number of nitrogens with one attached hydrogen (secondary N) is 2. The van der Waals surface area contributed by atoms with Crippen molar-refractivity contribution < 1.29 is 9.59 Å². The third-order valence-corrected chi connectivity index (χ3v) is 3.63. The van der Waals surface area contributed by atoms with Crippen molar-refractivity contribution in [1.29, 1.82) is 0 Å². The normalized spacial score (nSPS) is 14.0. The van der Waals surface area contributed by atoms with E-state index in [1.165, 1.54) is 19.8 Å². The Kier molecular flexibility index (Phi) is 3.56. The van der Waals surface area contributed by atoms with Crippen LogP contribution in [0.25, 0.3) is 0 Å². The van der Waals surface area contributed by atoms with Crippen LogP contribution in [0.2, 0.25) is 0 Å². The number of hydrogen-bond donors (Lipinski definition) is 2. The molecule has 5 nitrogen and oxygen atoms in total. The van der Waals surface area contributed by atoms with Gasteiger partial charge < -0.3 is 5.32 Å². The molecule has 1 fully saturated rings. The minimum atomic E-state index is -0.169. The fourth-order valence-electron chi connectivity index (χ4n) is 2.38. The number of benzene rings is 1. The van der Waals surface area contributed by atoms with Crippen molar-refractivity contribution in [3.8, 4) is 0 Å². The summed E-state index contributed by atoms with van der Waals surface area (Å²) in [6.45, 7) is 1.51. The molecule has 0 aliphatic heterocycles. The summed E-state index contributed by atoms with van der Waals surface area (Å²) < 4.78 is 0. The highest BCUT2D eigenvalue weighted by Gasteiger charge is 2.25. The van der Waals surface area contributed by atoms with Crippen LogP contribution in [0.4, 0.5) is 5.82 Å².